The van der Waals surface area contributed by atoms with Crippen LogP contribution in [0.4, 0.5) is 0 Å². The van der Waals surface area contributed by atoms with Gasteiger partial charge in [-0.1, -0.05) is 78.9 Å². The van der Waals surface area contributed by atoms with Crippen molar-refractivity contribution in [2.24, 2.45) is 0 Å². The summed E-state index contributed by atoms with van der Waals surface area (Å²) in [6, 6.07) is 30.0. The van der Waals surface area contributed by atoms with Crippen molar-refractivity contribution in [2.45, 2.75) is 84.2 Å². The maximum absolute atomic E-state index is 13.7. The highest BCUT2D eigenvalue weighted by atomic mass is 16.5. The third-order valence-electron chi connectivity index (χ3n) is 8.48. The Morgan fingerprint density at radius 1 is 0.800 bits per heavy atom. The highest BCUT2D eigenvalue weighted by Gasteiger charge is 2.32. The molecule has 3 amide bonds. The maximum Gasteiger partial charge on any atom is 0.252 e. The molecular weight excluding hydrogens is 630 g/mol. The van der Waals surface area contributed by atoms with E-state index in [1.807, 2.05) is 106 Å². The third-order valence-corrected chi connectivity index (χ3v) is 8.48. The topological polar surface area (TPSA) is 128 Å². The van der Waals surface area contributed by atoms with Gasteiger partial charge in [-0.15, -0.1) is 0 Å². The molecule has 0 aliphatic heterocycles. The fourth-order valence-electron chi connectivity index (χ4n) is 5.76. The van der Waals surface area contributed by atoms with E-state index in [-0.39, 0.29) is 37.0 Å². The average molecular weight is 680 g/mol. The summed E-state index contributed by atoms with van der Waals surface area (Å²) in [6.45, 7) is 9.22. The van der Waals surface area contributed by atoms with E-state index in [4.69, 9.17) is 4.74 Å². The second-order valence-corrected chi connectivity index (χ2v) is 13.7. The number of nitrogens with one attached hydrogen (secondary N) is 2. The van der Waals surface area contributed by atoms with E-state index in [1.165, 1.54) is 17.9 Å². The quantitative estimate of drug-likeness (QED) is 0.127. The highest BCUT2D eigenvalue weighted by Crippen LogP contribution is 2.22. The fourth-order valence-corrected chi connectivity index (χ4v) is 5.76. The second-order valence-electron chi connectivity index (χ2n) is 13.7. The molecule has 3 atom stereocenters. The van der Waals surface area contributed by atoms with Crippen LogP contribution in [0, 0.1) is 6.92 Å². The molecule has 9 nitrogen and oxygen atoms in total. The Kier molecular flexibility index (Phi) is 13.2. The molecule has 0 spiro atoms. The Balaban J connectivity index is 1.52. The molecule has 4 aromatic carbocycles. The molecule has 50 heavy (non-hydrogen) atoms. The summed E-state index contributed by atoms with van der Waals surface area (Å²) in [5.74, 6) is -0.357. The molecule has 0 radical (unpaired) electrons. The summed E-state index contributed by atoms with van der Waals surface area (Å²) in [7, 11) is 0. The number of aliphatic hydroxyl groups is 1. The third kappa shape index (κ3) is 11.2. The Hall–Kier alpha value is -5.15. The molecule has 0 bridgehead atoms. The minimum atomic E-state index is -1.06. The molecule has 0 fully saturated rings. The van der Waals surface area contributed by atoms with Gasteiger partial charge in [0.25, 0.3) is 5.91 Å². The first-order chi connectivity index (χ1) is 23.8. The summed E-state index contributed by atoms with van der Waals surface area (Å²) in [5, 5.41) is 27.7. The van der Waals surface area contributed by atoms with Gasteiger partial charge in [-0.2, -0.15) is 0 Å². The first-order valence-electron chi connectivity index (χ1n) is 17.0. The number of hydrogen-bond acceptors (Lipinski definition) is 6. The number of aliphatic hydroxyl groups excluding tert-OH is 1. The van der Waals surface area contributed by atoms with Crippen LogP contribution in [-0.2, 0) is 29.0 Å². The summed E-state index contributed by atoms with van der Waals surface area (Å²) in [5.41, 5.74) is 3.00. The molecule has 4 rings (SSSR count). The second kappa shape index (κ2) is 17.5. The molecule has 4 N–H and O–H groups in total. The number of phenolic OH excluding ortho intramolecular Hbond substituents is 1. The normalized spacial score (nSPS) is 13.1. The van der Waals surface area contributed by atoms with Crippen molar-refractivity contribution in [1.82, 2.24) is 15.5 Å². The number of ether oxygens (including phenoxy) is 1. The summed E-state index contributed by atoms with van der Waals surface area (Å²) in [6.07, 6.45) is -0.386. The van der Waals surface area contributed by atoms with Crippen LogP contribution in [0.2, 0.25) is 0 Å². The number of carbonyl (C=O) groups excluding carboxylic acids is 3. The van der Waals surface area contributed by atoms with Crippen molar-refractivity contribution >= 4 is 17.7 Å². The van der Waals surface area contributed by atoms with Crippen molar-refractivity contribution in [3.05, 3.63) is 131 Å². The number of carbonyl (C=O) groups is 3. The number of nitrogens with zero attached hydrogens (tertiary/aromatic N) is 1. The molecule has 4 aromatic rings. The number of phenols is 1. The molecule has 0 heterocycles. The van der Waals surface area contributed by atoms with Crippen LogP contribution in [0.3, 0.4) is 0 Å². The lowest BCUT2D eigenvalue weighted by molar-refractivity contribution is -0.140. The molecule has 0 unspecified atom stereocenters. The fraction of sp³-hybridized carbons (Fsp3) is 0.341. The Morgan fingerprint density at radius 3 is 2.00 bits per heavy atom. The van der Waals surface area contributed by atoms with Gasteiger partial charge in [-0.25, -0.2) is 0 Å². The first-order valence-corrected chi connectivity index (χ1v) is 17.0. The van der Waals surface area contributed by atoms with Gasteiger partial charge in [-0.05, 0) is 81.5 Å². The number of aromatic hydroxyl groups is 1. The molecule has 9 heteroatoms. The Labute approximate surface area is 295 Å². The van der Waals surface area contributed by atoms with Gasteiger partial charge in [0.2, 0.25) is 11.8 Å². The molecule has 0 saturated carbocycles. The van der Waals surface area contributed by atoms with E-state index < -0.39 is 29.6 Å². The van der Waals surface area contributed by atoms with E-state index in [2.05, 4.69) is 10.6 Å². The van der Waals surface area contributed by atoms with E-state index in [0.717, 1.165) is 16.7 Å². The predicted octanol–water partition coefficient (Wildman–Crippen LogP) is 5.75. The minimum absolute atomic E-state index is 0.00355. The average Bonchev–Trinajstić information content (AvgIpc) is 3.08. The van der Waals surface area contributed by atoms with Gasteiger partial charge in [0.15, 0.2) is 0 Å². The van der Waals surface area contributed by atoms with E-state index in [1.54, 1.807) is 19.1 Å². The molecule has 0 saturated heterocycles. The zero-order valence-corrected chi connectivity index (χ0v) is 29.6. The summed E-state index contributed by atoms with van der Waals surface area (Å²) >= 11 is 0. The molecular formula is C41H49N3O6. The number of benzene rings is 4. The van der Waals surface area contributed by atoms with Gasteiger partial charge in [0, 0.05) is 36.6 Å². The van der Waals surface area contributed by atoms with E-state index in [9.17, 15) is 24.6 Å². The van der Waals surface area contributed by atoms with Gasteiger partial charge >= 0.3 is 0 Å². The predicted molar refractivity (Wildman–Crippen MR) is 195 cm³/mol. The van der Waals surface area contributed by atoms with Crippen LogP contribution in [0.5, 0.6) is 11.5 Å². The van der Waals surface area contributed by atoms with Crippen LogP contribution in [0.15, 0.2) is 103 Å². The van der Waals surface area contributed by atoms with Crippen LogP contribution >= 0.6 is 0 Å². The van der Waals surface area contributed by atoms with Crippen molar-refractivity contribution in [3.63, 3.8) is 0 Å². The molecule has 0 aromatic heterocycles. The lowest BCUT2D eigenvalue weighted by Gasteiger charge is -2.34. The van der Waals surface area contributed by atoms with Crippen molar-refractivity contribution in [2.75, 3.05) is 6.54 Å². The van der Waals surface area contributed by atoms with Crippen molar-refractivity contribution < 1.29 is 29.3 Å². The SMILES string of the molecule is CC(=O)N(CC[C@@H](O)[C@H](Cc1ccccc1)NC(=O)c1cccc(O)c1C)[C@@H](Cc1ccc(OCc2ccccc2)cc1)C(=O)NC(C)(C)C. The Bertz CT molecular complexity index is 1700. The summed E-state index contributed by atoms with van der Waals surface area (Å²) in [4.78, 5) is 41.8. The van der Waals surface area contributed by atoms with E-state index in [0.29, 0.717) is 29.9 Å². The van der Waals surface area contributed by atoms with Crippen molar-refractivity contribution in [3.8, 4) is 11.5 Å². The first kappa shape index (κ1) is 37.7. The molecule has 0 aliphatic carbocycles. The molecule has 0 aliphatic rings. The lowest BCUT2D eigenvalue weighted by atomic mass is 9.97. The number of rotatable bonds is 15. The summed E-state index contributed by atoms with van der Waals surface area (Å²) < 4.78 is 5.93. The number of amides is 3. The molecule has 264 valence electrons. The number of hydrogen-bond donors (Lipinski definition) is 4. The smallest absolute Gasteiger partial charge is 0.252 e. The van der Waals surface area contributed by atoms with Crippen LogP contribution in [0.1, 0.15) is 66.7 Å². The standard InChI is InChI=1S/C41H49N3O6/c1-28-34(17-12-18-37(28)46)39(48)42-35(25-30-13-8-6-9-14-30)38(47)23-24-44(29(2)45)36(40(49)43-41(3,4)5)26-31-19-21-33(22-20-31)50-27-32-15-10-7-11-16-32/h6-22,35-36,38,46-47H,23-27H2,1-5H3,(H,42,48)(H,43,49)/t35-,36-,38+/m0/s1. The zero-order valence-electron chi connectivity index (χ0n) is 29.6. The van der Waals surface area contributed by atoms with Crippen LogP contribution in [-0.4, -0.2) is 63.1 Å². The monoisotopic (exact) mass is 679 g/mol. The van der Waals surface area contributed by atoms with Crippen molar-refractivity contribution in [1.29, 1.82) is 0 Å². The minimum Gasteiger partial charge on any atom is -0.508 e. The van der Waals surface area contributed by atoms with Crippen LogP contribution < -0.4 is 15.4 Å². The van der Waals surface area contributed by atoms with Gasteiger partial charge in [0.05, 0.1) is 12.1 Å². The largest absolute Gasteiger partial charge is 0.508 e. The van der Waals surface area contributed by atoms with Gasteiger partial charge in [-0.3, -0.25) is 14.4 Å². The van der Waals surface area contributed by atoms with E-state index >= 15 is 0 Å². The van der Waals surface area contributed by atoms with Crippen LogP contribution in [0.25, 0.3) is 0 Å². The maximum atomic E-state index is 13.7. The Morgan fingerprint density at radius 2 is 1.40 bits per heavy atom. The zero-order chi connectivity index (χ0) is 36.3. The highest BCUT2D eigenvalue weighted by molar-refractivity contribution is 5.96. The lowest BCUT2D eigenvalue weighted by Crippen LogP contribution is -2.55. The van der Waals surface area contributed by atoms with Gasteiger partial charge in [0.1, 0.15) is 24.1 Å². The van der Waals surface area contributed by atoms with Gasteiger partial charge < -0.3 is 30.5 Å².